The molecule has 2 aromatic carbocycles. The first kappa shape index (κ1) is 16.0. The lowest BCUT2D eigenvalue weighted by Crippen LogP contribution is -2.26. The Morgan fingerprint density at radius 1 is 1.18 bits per heavy atom. The van der Waals surface area contributed by atoms with E-state index in [1.165, 1.54) is 25.3 Å². The number of sulfonamides is 1. The average molecular weight is 316 g/mol. The molecule has 0 amide bonds. The van der Waals surface area contributed by atoms with Crippen LogP contribution in [0.3, 0.4) is 0 Å². The van der Waals surface area contributed by atoms with Crippen LogP contribution in [0, 0.1) is 11.3 Å². The Labute approximate surface area is 130 Å². The molecule has 0 aliphatic carbocycles. The van der Waals surface area contributed by atoms with Gasteiger partial charge in [0, 0.05) is 6.54 Å². The lowest BCUT2D eigenvalue weighted by molar-refractivity contribution is 0.413. The van der Waals surface area contributed by atoms with E-state index in [4.69, 9.17) is 10.00 Å². The summed E-state index contributed by atoms with van der Waals surface area (Å²) in [7, 11) is -2.21. The van der Waals surface area contributed by atoms with E-state index in [-0.39, 0.29) is 10.5 Å². The van der Waals surface area contributed by atoms with Crippen LogP contribution in [0.25, 0.3) is 0 Å². The molecule has 0 atom stereocenters. The Morgan fingerprint density at radius 3 is 2.55 bits per heavy atom. The number of nitrogens with one attached hydrogen (secondary N) is 1. The molecule has 0 saturated carbocycles. The van der Waals surface area contributed by atoms with Crippen molar-refractivity contribution < 1.29 is 13.2 Å². The standard InChI is InChI=1S/C16H16N2O3S/c1-21-16-8-7-15(11-14(16)12-17)22(19,20)18-10-9-13-5-3-2-4-6-13/h2-8,11,18H,9-10H2,1H3. The predicted octanol–water partition coefficient (Wildman–Crippen LogP) is 2.09. The van der Waals surface area contributed by atoms with Crippen LogP contribution in [0.2, 0.25) is 0 Å². The fourth-order valence-corrected chi connectivity index (χ4v) is 3.06. The maximum atomic E-state index is 12.2. The number of hydrogen-bond donors (Lipinski definition) is 1. The molecule has 2 aromatic rings. The summed E-state index contributed by atoms with van der Waals surface area (Å²) in [4.78, 5) is 0.0536. The van der Waals surface area contributed by atoms with E-state index in [0.717, 1.165) is 5.56 Å². The van der Waals surface area contributed by atoms with E-state index in [1.807, 2.05) is 36.4 Å². The molecular weight excluding hydrogens is 300 g/mol. The molecular formula is C16H16N2O3S. The van der Waals surface area contributed by atoms with Crippen LogP contribution in [0.1, 0.15) is 11.1 Å². The lowest BCUT2D eigenvalue weighted by Gasteiger charge is -2.09. The zero-order valence-corrected chi connectivity index (χ0v) is 12.9. The van der Waals surface area contributed by atoms with Crippen molar-refractivity contribution in [2.45, 2.75) is 11.3 Å². The minimum Gasteiger partial charge on any atom is -0.495 e. The van der Waals surface area contributed by atoms with Gasteiger partial charge in [-0.1, -0.05) is 30.3 Å². The van der Waals surface area contributed by atoms with Gasteiger partial charge in [0.1, 0.15) is 11.8 Å². The van der Waals surface area contributed by atoms with Crippen molar-refractivity contribution in [2.75, 3.05) is 13.7 Å². The van der Waals surface area contributed by atoms with Crippen LogP contribution < -0.4 is 9.46 Å². The maximum absolute atomic E-state index is 12.2. The number of benzene rings is 2. The van der Waals surface area contributed by atoms with Gasteiger partial charge in [-0.25, -0.2) is 13.1 Å². The molecule has 0 aromatic heterocycles. The molecule has 0 radical (unpaired) electrons. The van der Waals surface area contributed by atoms with E-state index in [1.54, 1.807) is 0 Å². The third-order valence-corrected chi connectivity index (χ3v) is 4.61. The highest BCUT2D eigenvalue weighted by molar-refractivity contribution is 7.89. The molecule has 0 saturated heterocycles. The molecule has 0 bridgehead atoms. The van der Waals surface area contributed by atoms with Crippen molar-refractivity contribution in [2.24, 2.45) is 0 Å². The highest BCUT2D eigenvalue weighted by atomic mass is 32.2. The Kier molecular flexibility index (Phi) is 5.15. The van der Waals surface area contributed by atoms with Crippen molar-refractivity contribution >= 4 is 10.0 Å². The fourth-order valence-electron chi connectivity index (χ4n) is 2.00. The second kappa shape index (κ2) is 7.07. The topological polar surface area (TPSA) is 79.2 Å². The van der Waals surface area contributed by atoms with Crippen LogP contribution in [-0.2, 0) is 16.4 Å². The second-order valence-electron chi connectivity index (χ2n) is 4.61. The van der Waals surface area contributed by atoms with Gasteiger partial charge in [-0.3, -0.25) is 0 Å². The summed E-state index contributed by atoms with van der Waals surface area (Å²) >= 11 is 0. The Morgan fingerprint density at radius 2 is 1.91 bits per heavy atom. The first-order valence-corrected chi connectivity index (χ1v) is 8.17. The van der Waals surface area contributed by atoms with E-state index < -0.39 is 10.0 Å². The van der Waals surface area contributed by atoms with E-state index in [9.17, 15) is 8.42 Å². The first-order valence-electron chi connectivity index (χ1n) is 6.68. The summed E-state index contributed by atoms with van der Waals surface area (Å²) in [6.07, 6.45) is 0.599. The second-order valence-corrected chi connectivity index (χ2v) is 6.37. The Hall–Kier alpha value is -2.36. The summed E-state index contributed by atoms with van der Waals surface area (Å²) < 4.78 is 32.0. The van der Waals surface area contributed by atoms with Crippen molar-refractivity contribution in [3.05, 3.63) is 59.7 Å². The van der Waals surface area contributed by atoms with Crippen molar-refractivity contribution in [1.29, 1.82) is 5.26 Å². The smallest absolute Gasteiger partial charge is 0.240 e. The third kappa shape index (κ3) is 3.85. The van der Waals surface area contributed by atoms with Crippen LogP contribution >= 0.6 is 0 Å². The number of nitriles is 1. The number of rotatable bonds is 6. The summed E-state index contributed by atoms with van der Waals surface area (Å²) in [5.74, 6) is 0.353. The van der Waals surface area contributed by atoms with Gasteiger partial charge in [0.25, 0.3) is 0 Å². The molecule has 0 unspecified atom stereocenters. The number of methoxy groups -OCH3 is 1. The minimum atomic E-state index is -3.64. The average Bonchev–Trinajstić information content (AvgIpc) is 2.55. The normalized spacial score (nSPS) is 10.9. The molecule has 6 heteroatoms. The van der Waals surface area contributed by atoms with Gasteiger partial charge < -0.3 is 4.74 Å². The van der Waals surface area contributed by atoms with Gasteiger partial charge in [-0.15, -0.1) is 0 Å². The molecule has 0 aliphatic heterocycles. The molecule has 114 valence electrons. The molecule has 0 spiro atoms. The monoisotopic (exact) mass is 316 g/mol. The van der Waals surface area contributed by atoms with Gasteiger partial charge >= 0.3 is 0 Å². The highest BCUT2D eigenvalue weighted by Crippen LogP contribution is 2.21. The fraction of sp³-hybridized carbons (Fsp3) is 0.188. The third-order valence-electron chi connectivity index (χ3n) is 3.15. The maximum Gasteiger partial charge on any atom is 0.240 e. The summed E-state index contributed by atoms with van der Waals surface area (Å²) in [6.45, 7) is 0.292. The van der Waals surface area contributed by atoms with E-state index >= 15 is 0 Å². The van der Waals surface area contributed by atoms with Crippen LogP contribution in [0.15, 0.2) is 53.4 Å². The summed E-state index contributed by atoms with van der Waals surface area (Å²) in [6, 6.07) is 15.7. The minimum absolute atomic E-state index is 0.0536. The zero-order valence-electron chi connectivity index (χ0n) is 12.1. The lowest BCUT2D eigenvalue weighted by atomic mass is 10.2. The summed E-state index contributed by atoms with van der Waals surface area (Å²) in [5.41, 5.74) is 1.24. The van der Waals surface area contributed by atoms with Crippen LogP contribution in [-0.4, -0.2) is 22.1 Å². The van der Waals surface area contributed by atoms with Gasteiger partial charge in [0.2, 0.25) is 10.0 Å². The molecule has 0 fully saturated rings. The van der Waals surface area contributed by atoms with Gasteiger partial charge in [0.05, 0.1) is 17.6 Å². The van der Waals surface area contributed by atoms with Crippen LogP contribution in [0.5, 0.6) is 5.75 Å². The van der Waals surface area contributed by atoms with Gasteiger partial charge in [-0.2, -0.15) is 5.26 Å². The van der Waals surface area contributed by atoms with Gasteiger partial charge in [0.15, 0.2) is 0 Å². The molecule has 0 aliphatic rings. The highest BCUT2D eigenvalue weighted by Gasteiger charge is 2.16. The quantitative estimate of drug-likeness (QED) is 0.885. The SMILES string of the molecule is COc1ccc(S(=O)(=O)NCCc2ccccc2)cc1C#N. The van der Waals surface area contributed by atoms with Gasteiger partial charge in [-0.05, 0) is 30.2 Å². The van der Waals surface area contributed by atoms with Crippen molar-refractivity contribution in [3.63, 3.8) is 0 Å². The zero-order chi connectivity index (χ0) is 16.0. The van der Waals surface area contributed by atoms with Crippen LogP contribution in [0.4, 0.5) is 0 Å². The van der Waals surface area contributed by atoms with Crippen molar-refractivity contribution in [1.82, 2.24) is 4.72 Å². The van der Waals surface area contributed by atoms with Crippen molar-refractivity contribution in [3.8, 4) is 11.8 Å². The van der Waals surface area contributed by atoms with E-state index in [0.29, 0.717) is 18.7 Å². The first-order chi connectivity index (χ1) is 10.6. The molecule has 2 rings (SSSR count). The molecule has 5 nitrogen and oxygen atoms in total. The predicted molar refractivity (Wildman–Crippen MR) is 83.0 cm³/mol. The van der Waals surface area contributed by atoms with E-state index in [2.05, 4.69) is 4.72 Å². The Balaban J connectivity index is 2.09. The Bertz CT molecular complexity index is 781. The summed E-state index contributed by atoms with van der Waals surface area (Å²) in [5, 5.41) is 9.02. The number of ether oxygens (including phenoxy) is 1. The molecule has 1 N–H and O–H groups in total. The number of nitrogens with zero attached hydrogens (tertiary/aromatic N) is 1. The molecule has 0 heterocycles. The largest absolute Gasteiger partial charge is 0.495 e. The number of hydrogen-bond acceptors (Lipinski definition) is 4. The molecule has 22 heavy (non-hydrogen) atoms.